The van der Waals surface area contributed by atoms with E-state index in [-0.39, 0.29) is 28.7 Å². The third-order valence-electron chi connectivity index (χ3n) is 2.79. The molecule has 0 radical (unpaired) electrons. The van der Waals surface area contributed by atoms with Crippen LogP contribution in [-0.4, -0.2) is 30.1 Å². The maximum atomic E-state index is 12.3. The quantitative estimate of drug-likeness (QED) is 0.875. The number of nitrogens with two attached hydrogens (primary N) is 1. The van der Waals surface area contributed by atoms with Crippen molar-refractivity contribution in [1.82, 2.24) is 4.57 Å². The number of hydrogen-bond donors (Lipinski definition) is 1. The Bertz CT molecular complexity index is 813. The average Bonchev–Trinajstić information content (AvgIpc) is 2.90. The Morgan fingerprint density at radius 1 is 1.43 bits per heavy atom. The number of amides is 2. The normalized spacial score (nSPS) is 11.3. The molecule has 0 aliphatic heterocycles. The van der Waals surface area contributed by atoms with Crippen LogP contribution < -0.4 is 20.0 Å². The monoisotopic (exact) mass is 355 g/mol. The Labute approximate surface area is 140 Å². The van der Waals surface area contributed by atoms with E-state index in [0.29, 0.717) is 4.80 Å². The predicted octanol–water partition coefficient (Wildman–Crippen LogP) is 1.35. The fraction of sp³-hybridized carbons (Fsp3) is 0.214. The summed E-state index contributed by atoms with van der Waals surface area (Å²) in [6.07, 6.45) is 1.80. The summed E-state index contributed by atoms with van der Waals surface area (Å²) in [5.41, 5.74) is 5.27. The zero-order valence-corrected chi connectivity index (χ0v) is 14.0. The lowest BCUT2D eigenvalue weighted by Crippen LogP contribution is -2.20. The molecule has 7 nitrogen and oxygen atoms in total. The number of ether oxygens (including phenoxy) is 2. The van der Waals surface area contributed by atoms with Crippen molar-refractivity contribution in [2.75, 3.05) is 13.7 Å². The summed E-state index contributed by atoms with van der Waals surface area (Å²) in [5, 5.41) is 1.94. The molecule has 1 heterocycles. The van der Waals surface area contributed by atoms with Gasteiger partial charge in [0, 0.05) is 24.2 Å². The maximum Gasteiger partial charge on any atom is 0.279 e. The van der Waals surface area contributed by atoms with Gasteiger partial charge in [-0.05, 0) is 12.1 Å². The number of rotatable bonds is 5. The number of nitrogens with zero attached hydrogens (tertiary/aromatic N) is 2. The molecule has 0 bridgehead atoms. The van der Waals surface area contributed by atoms with E-state index in [0.717, 1.165) is 0 Å². The predicted molar refractivity (Wildman–Crippen MR) is 85.9 cm³/mol. The van der Waals surface area contributed by atoms with E-state index in [1.165, 1.54) is 30.6 Å². The van der Waals surface area contributed by atoms with Crippen molar-refractivity contribution in [1.29, 1.82) is 0 Å². The van der Waals surface area contributed by atoms with Crippen molar-refractivity contribution in [3.8, 4) is 11.5 Å². The molecule has 2 rings (SSSR count). The van der Waals surface area contributed by atoms with Crippen LogP contribution in [0.2, 0.25) is 5.02 Å². The van der Waals surface area contributed by atoms with E-state index < -0.39 is 11.8 Å². The minimum absolute atomic E-state index is 0.125. The smallest absolute Gasteiger partial charge is 0.279 e. The van der Waals surface area contributed by atoms with E-state index in [2.05, 4.69) is 4.99 Å². The van der Waals surface area contributed by atoms with Gasteiger partial charge in [-0.25, -0.2) is 0 Å². The van der Waals surface area contributed by atoms with Crippen LogP contribution in [0.1, 0.15) is 10.4 Å². The minimum atomic E-state index is -0.650. The first-order chi connectivity index (χ1) is 10.9. The SMILES string of the molecule is COc1cc(C(=O)N=c2sccn2C)cc(Cl)c1OCC(N)=O. The fourth-order valence-corrected chi connectivity index (χ4v) is 2.71. The summed E-state index contributed by atoms with van der Waals surface area (Å²) in [6.45, 7) is -0.348. The van der Waals surface area contributed by atoms with Crippen molar-refractivity contribution >= 4 is 34.8 Å². The van der Waals surface area contributed by atoms with E-state index in [4.69, 9.17) is 26.8 Å². The van der Waals surface area contributed by atoms with E-state index in [1.807, 2.05) is 5.38 Å². The van der Waals surface area contributed by atoms with Gasteiger partial charge in [-0.15, -0.1) is 11.3 Å². The molecule has 0 spiro atoms. The molecule has 0 unspecified atom stereocenters. The van der Waals surface area contributed by atoms with Crippen molar-refractivity contribution < 1.29 is 19.1 Å². The molecule has 0 atom stereocenters. The van der Waals surface area contributed by atoms with Crippen molar-refractivity contribution in [2.24, 2.45) is 17.8 Å². The highest BCUT2D eigenvalue weighted by Crippen LogP contribution is 2.36. The molecule has 0 fully saturated rings. The van der Waals surface area contributed by atoms with E-state index >= 15 is 0 Å². The second-order valence-corrected chi connectivity index (χ2v) is 5.74. The zero-order valence-electron chi connectivity index (χ0n) is 12.4. The Kier molecular flexibility index (Phi) is 5.41. The second kappa shape index (κ2) is 7.30. The number of thiazole rings is 1. The van der Waals surface area contributed by atoms with Gasteiger partial charge in [0.1, 0.15) is 0 Å². The Hall–Kier alpha value is -2.32. The third-order valence-corrected chi connectivity index (χ3v) is 3.92. The summed E-state index contributed by atoms with van der Waals surface area (Å²) in [4.78, 5) is 27.6. The molecule has 122 valence electrons. The van der Waals surface area contributed by atoms with Crippen LogP contribution >= 0.6 is 22.9 Å². The average molecular weight is 356 g/mol. The molecule has 23 heavy (non-hydrogen) atoms. The lowest BCUT2D eigenvalue weighted by Gasteiger charge is -2.12. The van der Waals surface area contributed by atoms with Gasteiger partial charge in [0.05, 0.1) is 12.1 Å². The van der Waals surface area contributed by atoms with Crippen molar-refractivity contribution in [2.45, 2.75) is 0 Å². The van der Waals surface area contributed by atoms with Gasteiger partial charge in [-0.3, -0.25) is 9.59 Å². The first kappa shape index (κ1) is 17.0. The topological polar surface area (TPSA) is 95.9 Å². The lowest BCUT2D eigenvalue weighted by atomic mass is 10.2. The molecular formula is C14H14ClN3O4S. The molecule has 2 N–H and O–H groups in total. The summed E-state index contributed by atoms with van der Waals surface area (Å²) in [6, 6.07) is 2.85. The van der Waals surface area contributed by atoms with E-state index in [9.17, 15) is 9.59 Å². The van der Waals surface area contributed by atoms with Gasteiger partial charge >= 0.3 is 0 Å². The number of halogens is 1. The molecule has 9 heteroatoms. The standard InChI is InChI=1S/C14H14ClN3O4S/c1-18-3-4-23-14(18)17-13(20)8-5-9(15)12(10(6-8)21-2)22-7-11(16)19/h3-6H,7H2,1-2H3,(H2,16,19). The fourth-order valence-electron chi connectivity index (χ4n) is 1.71. The molecule has 0 aliphatic carbocycles. The number of carbonyl (C=O) groups excluding carboxylic acids is 2. The van der Waals surface area contributed by atoms with Crippen LogP contribution in [0.25, 0.3) is 0 Å². The molecule has 2 aromatic rings. The van der Waals surface area contributed by atoms with Crippen molar-refractivity contribution in [3.05, 3.63) is 39.1 Å². The number of aryl methyl sites for hydroxylation is 1. The first-order valence-electron chi connectivity index (χ1n) is 6.40. The first-order valence-corrected chi connectivity index (χ1v) is 7.66. The highest BCUT2D eigenvalue weighted by Gasteiger charge is 2.16. The largest absolute Gasteiger partial charge is 0.493 e. The number of benzene rings is 1. The Balaban J connectivity index is 2.38. The summed E-state index contributed by atoms with van der Waals surface area (Å²) in [5.74, 6) is -0.757. The van der Waals surface area contributed by atoms with E-state index in [1.54, 1.807) is 17.8 Å². The third kappa shape index (κ3) is 4.11. The van der Waals surface area contributed by atoms with Gasteiger partial charge in [0.2, 0.25) is 0 Å². The lowest BCUT2D eigenvalue weighted by molar-refractivity contribution is -0.119. The Morgan fingerprint density at radius 2 is 2.17 bits per heavy atom. The number of aromatic nitrogens is 1. The number of hydrogen-bond acceptors (Lipinski definition) is 5. The molecule has 2 amide bonds. The Morgan fingerprint density at radius 3 is 2.74 bits per heavy atom. The molecule has 0 saturated heterocycles. The number of primary amides is 1. The second-order valence-electron chi connectivity index (χ2n) is 4.46. The summed E-state index contributed by atoms with van der Waals surface area (Å²) < 4.78 is 12.1. The van der Waals surface area contributed by atoms with Crippen LogP contribution in [0.4, 0.5) is 0 Å². The summed E-state index contributed by atoms with van der Waals surface area (Å²) in [7, 11) is 3.18. The minimum Gasteiger partial charge on any atom is -0.493 e. The molecule has 0 aliphatic rings. The molecule has 1 aromatic carbocycles. The van der Waals surface area contributed by atoms with Gasteiger partial charge < -0.3 is 19.8 Å². The molecule has 1 aromatic heterocycles. The highest BCUT2D eigenvalue weighted by atomic mass is 35.5. The molecule has 0 saturated carbocycles. The zero-order chi connectivity index (χ0) is 17.0. The van der Waals surface area contributed by atoms with Gasteiger partial charge in [0.25, 0.3) is 11.8 Å². The van der Waals surface area contributed by atoms with Gasteiger partial charge in [0.15, 0.2) is 22.9 Å². The van der Waals surface area contributed by atoms with Gasteiger partial charge in [-0.1, -0.05) is 11.6 Å². The van der Waals surface area contributed by atoms with Crippen LogP contribution in [-0.2, 0) is 11.8 Å². The van der Waals surface area contributed by atoms with Crippen molar-refractivity contribution in [3.63, 3.8) is 0 Å². The van der Waals surface area contributed by atoms with Crippen LogP contribution in [0.3, 0.4) is 0 Å². The van der Waals surface area contributed by atoms with Crippen LogP contribution in [0.5, 0.6) is 11.5 Å². The molecular weight excluding hydrogens is 342 g/mol. The van der Waals surface area contributed by atoms with Gasteiger partial charge in [-0.2, -0.15) is 4.99 Å². The highest BCUT2D eigenvalue weighted by molar-refractivity contribution is 7.07. The van der Waals surface area contributed by atoms with Crippen LogP contribution in [0.15, 0.2) is 28.7 Å². The maximum absolute atomic E-state index is 12.3. The van der Waals surface area contributed by atoms with Crippen LogP contribution in [0, 0.1) is 0 Å². The number of methoxy groups -OCH3 is 1. The number of carbonyl (C=O) groups is 2. The summed E-state index contributed by atoms with van der Waals surface area (Å²) >= 11 is 7.44.